The van der Waals surface area contributed by atoms with Crippen molar-refractivity contribution in [1.82, 2.24) is 0 Å². The topological polar surface area (TPSA) is 55.8 Å². The number of rotatable bonds is 4. The van der Waals surface area contributed by atoms with E-state index in [0.717, 1.165) is 28.0 Å². The molecular weight excluding hydrogens is 407 g/mol. The molecule has 0 aromatic heterocycles. The molecule has 4 aromatic carbocycles. The summed E-state index contributed by atoms with van der Waals surface area (Å²) in [5, 5.41) is 10.5. The third-order valence-corrected chi connectivity index (χ3v) is 8.44. The van der Waals surface area contributed by atoms with Crippen LogP contribution in [0.5, 0.6) is 17.2 Å². The Morgan fingerprint density at radius 2 is 1.35 bits per heavy atom. The van der Waals surface area contributed by atoms with Crippen LogP contribution in [0.3, 0.4) is 0 Å². The first-order valence-corrected chi connectivity index (χ1v) is 11.7. The van der Waals surface area contributed by atoms with Gasteiger partial charge in [0.1, 0.15) is 22.9 Å². The van der Waals surface area contributed by atoms with Crippen molar-refractivity contribution in [1.29, 1.82) is 0 Å². The minimum Gasteiger partial charge on any atom is -0.508 e. The number of hydrogen-bond donors (Lipinski definition) is 1. The van der Waals surface area contributed by atoms with Crippen LogP contribution in [0.25, 0.3) is 11.1 Å². The lowest BCUT2D eigenvalue weighted by atomic mass is 10.0. The number of benzene rings is 4. The zero-order valence-electron chi connectivity index (χ0n) is 16.9. The van der Waals surface area contributed by atoms with E-state index in [1.54, 1.807) is 31.4 Å². The molecule has 1 heterocycles. The maximum atomic E-state index is 14.8. The normalized spacial score (nSPS) is 17.7. The summed E-state index contributed by atoms with van der Waals surface area (Å²) < 4.78 is 26.5. The molecule has 0 radical (unpaired) electrons. The molecule has 1 aliphatic rings. The lowest BCUT2D eigenvalue weighted by Crippen LogP contribution is -2.22. The van der Waals surface area contributed by atoms with Crippen molar-refractivity contribution in [2.75, 3.05) is 7.11 Å². The predicted molar refractivity (Wildman–Crippen MR) is 123 cm³/mol. The highest BCUT2D eigenvalue weighted by Crippen LogP contribution is 2.65. The van der Waals surface area contributed by atoms with Crippen LogP contribution in [0.2, 0.25) is 0 Å². The van der Waals surface area contributed by atoms with Crippen molar-refractivity contribution in [2.24, 2.45) is 0 Å². The number of fused-ring (bicyclic) bond motifs is 3. The van der Waals surface area contributed by atoms with Gasteiger partial charge < -0.3 is 14.4 Å². The molecule has 0 saturated heterocycles. The molecule has 0 aliphatic carbocycles. The van der Waals surface area contributed by atoms with Crippen LogP contribution in [0.1, 0.15) is 16.8 Å². The number of ether oxygens (including phenoxy) is 1. The van der Waals surface area contributed by atoms with E-state index in [1.165, 1.54) is 0 Å². The highest BCUT2D eigenvalue weighted by molar-refractivity contribution is 7.68. The molecule has 5 rings (SSSR count). The van der Waals surface area contributed by atoms with Crippen LogP contribution < -0.4 is 14.6 Å². The van der Waals surface area contributed by atoms with E-state index >= 15 is 0 Å². The van der Waals surface area contributed by atoms with Crippen molar-refractivity contribution in [3.05, 3.63) is 108 Å². The molecule has 31 heavy (non-hydrogen) atoms. The summed E-state index contributed by atoms with van der Waals surface area (Å²) in [5.74, 6) is 1.49. The summed E-state index contributed by atoms with van der Waals surface area (Å²) in [6.07, 6.45) is 0. The second-order valence-corrected chi connectivity index (χ2v) is 9.84. The molecule has 5 heteroatoms. The molecule has 154 valence electrons. The molecule has 4 aromatic rings. The molecular formula is C26H21O4P. The summed E-state index contributed by atoms with van der Waals surface area (Å²) >= 11 is 0. The van der Waals surface area contributed by atoms with E-state index in [0.29, 0.717) is 11.1 Å². The van der Waals surface area contributed by atoms with Gasteiger partial charge in [0, 0.05) is 5.56 Å². The Kier molecular flexibility index (Phi) is 4.80. The fourth-order valence-corrected chi connectivity index (χ4v) is 7.04. The van der Waals surface area contributed by atoms with Crippen molar-refractivity contribution >= 4 is 12.7 Å². The molecule has 0 spiro atoms. The molecule has 1 N–H and O–H groups in total. The summed E-state index contributed by atoms with van der Waals surface area (Å²) in [6.45, 7) is 0. The van der Waals surface area contributed by atoms with Gasteiger partial charge >= 0.3 is 0 Å². The second-order valence-electron chi connectivity index (χ2n) is 7.47. The summed E-state index contributed by atoms with van der Waals surface area (Å²) in [6, 6.07) is 29.8. The number of phenolic OH excluding ortho intramolecular Hbond substituents is 1. The van der Waals surface area contributed by atoms with Gasteiger partial charge in [0.15, 0.2) is 0 Å². The molecule has 0 amide bonds. The standard InChI is InChI=1S/C26H21O4P/c1-29-21-16-12-19(13-17-21)26(18-10-14-20(27)15-11-18)31(28)25-9-5-3-7-23(25)22-6-2-4-8-24(22)30-31/h2-17,26-27H,1H3. The van der Waals surface area contributed by atoms with Gasteiger partial charge in [-0.3, -0.25) is 4.57 Å². The van der Waals surface area contributed by atoms with Crippen LogP contribution in [0.15, 0.2) is 97.1 Å². The summed E-state index contributed by atoms with van der Waals surface area (Å²) in [5.41, 5.74) is 2.96. The van der Waals surface area contributed by atoms with Crippen molar-refractivity contribution in [3.8, 4) is 28.4 Å². The van der Waals surface area contributed by atoms with Gasteiger partial charge in [-0.1, -0.05) is 60.7 Å². The average molecular weight is 428 g/mol. The minimum atomic E-state index is -3.45. The first-order chi connectivity index (χ1) is 15.1. The fraction of sp³-hybridized carbons (Fsp3) is 0.0769. The van der Waals surface area contributed by atoms with E-state index in [2.05, 4.69) is 0 Å². The minimum absolute atomic E-state index is 0.158. The van der Waals surface area contributed by atoms with Gasteiger partial charge in [0.05, 0.1) is 12.4 Å². The van der Waals surface area contributed by atoms with E-state index in [9.17, 15) is 9.67 Å². The van der Waals surface area contributed by atoms with Gasteiger partial charge in [0.2, 0.25) is 0 Å². The number of methoxy groups -OCH3 is 1. The van der Waals surface area contributed by atoms with Crippen molar-refractivity contribution in [3.63, 3.8) is 0 Å². The van der Waals surface area contributed by atoms with Crippen molar-refractivity contribution < 1.29 is 18.9 Å². The zero-order valence-corrected chi connectivity index (χ0v) is 17.8. The maximum absolute atomic E-state index is 14.8. The van der Waals surface area contributed by atoms with Gasteiger partial charge in [-0.25, -0.2) is 0 Å². The Balaban J connectivity index is 1.75. The predicted octanol–water partition coefficient (Wildman–Crippen LogP) is 6.15. The van der Waals surface area contributed by atoms with E-state index in [-0.39, 0.29) is 5.75 Å². The SMILES string of the molecule is COc1ccc(C(c2ccc(O)cc2)P2(=O)Oc3ccccc3-c3ccccc32)cc1. The van der Waals surface area contributed by atoms with Crippen LogP contribution in [0, 0.1) is 0 Å². The molecule has 2 unspecified atom stereocenters. The van der Waals surface area contributed by atoms with Crippen LogP contribution in [0.4, 0.5) is 0 Å². The summed E-state index contributed by atoms with van der Waals surface area (Å²) in [4.78, 5) is 0. The van der Waals surface area contributed by atoms with Gasteiger partial charge in [-0.2, -0.15) is 0 Å². The van der Waals surface area contributed by atoms with Crippen LogP contribution >= 0.6 is 7.37 Å². The first-order valence-electron chi connectivity index (χ1n) is 10.0. The first kappa shape index (κ1) is 19.5. The Morgan fingerprint density at radius 3 is 2.03 bits per heavy atom. The molecule has 2 atom stereocenters. The maximum Gasteiger partial charge on any atom is 0.289 e. The van der Waals surface area contributed by atoms with Gasteiger partial charge in [0.25, 0.3) is 7.37 Å². The molecule has 0 saturated carbocycles. The Bertz CT molecular complexity index is 1280. The monoisotopic (exact) mass is 428 g/mol. The number of hydrogen-bond acceptors (Lipinski definition) is 4. The quantitative estimate of drug-likeness (QED) is 0.396. The third-order valence-electron chi connectivity index (χ3n) is 5.63. The highest BCUT2D eigenvalue weighted by atomic mass is 31.2. The fourth-order valence-electron chi connectivity index (χ4n) is 4.16. The Labute approximate surface area is 181 Å². The molecule has 0 fully saturated rings. The molecule has 4 nitrogen and oxygen atoms in total. The average Bonchev–Trinajstić information content (AvgIpc) is 2.81. The van der Waals surface area contributed by atoms with Crippen molar-refractivity contribution in [2.45, 2.75) is 5.66 Å². The van der Waals surface area contributed by atoms with Gasteiger partial charge in [-0.05, 0) is 53.1 Å². The number of aromatic hydroxyl groups is 1. The number of para-hydroxylation sites is 1. The summed E-state index contributed by atoms with van der Waals surface area (Å²) in [7, 11) is -1.83. The van der Waals surface area contributed by atoms with Crippen LogP contribution in [-0.4, -0.2) is 12.2 Å². The van der Waals surface area contributed by atoms with Gasteiger partial charge in [-0.15, -0.1) is 0 Å². The second kappa shape index (κ2) is 7.64. The largest absolute Gasteiger partial charge is 0.508 e. The number of phenols is 1. The van der Waals surface area contributed by atoms with E-state index < -0.39 is 13.0 Å². The molecule has 1 aliphatic heterocycles. The Morgan fingerprint density at radius 1 is 0.774 bits per heavy atom. The molecule has 0 bridgehead atoms. The third kappa shape index (κ3) is 3.30. The van der Waals surface area contributed by atoms with E-state index in [4.69, 9.17) is 9.26 Å². The van der Waals surface area contributed by atoms with Crippen LogP contribution in [-0.2, 0) is 4.57 Å². The Hall–Kier alpha value is -3.49. The highest BCUT2D eigenvalue weighted by Gasteiger charge is 2.44. The smallest absolute Gasteiger partial charge is 0.289 e. The van der Waals surface area contributed by atoms with E-state index in [1.807, 2.05) is 72.8 Å². The lowest BCUT2D eigenvalue weighted by molar-refractivity contribution is 0.414. The lowest BCUT2D eigenvalue weighted by Gasteiger charge is -2.34. The zero-order chi connectivity index (χ0) is 21.4.